The van der Waals surface area contributed by atoms with E-state index in [-0.39, 0.29) is 18.6 Å². The van der Waals surface area contributed by atoms with Gasteiger partial charge >= 0.3 is 6.18 Å². The zero-order chi connectivity index (χ0) is 18.7. The van der Waals surface area contributed by atoms with Crippen molar-refractivity contribution in [2.45, 2.75) is 44.4 Å². The molecule has 2 aromatic heterocycles. The second-order valence-electron chi connectivity index (χ2n) is 6.62. The van der Waals surface area contributed by atoms with Gasteiger partial charge < -0.3 is 10.4 Å². The standard InChI is InChI=1S/C17H20ClF3N4O/c18-16-7-15(23-12-3-1-2-11(6-12)9-26)13(8-22-16)14-4-5-25(24-14)10-17(19,20)21/h4-5,7-8,11-12,26H,1-3,6,9-10H2,(H,22,23)/t11-,12-/m0/s1. The first-order valence-corrected chi connectivity index (χ1v) is 8.85. The van der Waals surface area contributed by atoms with Crippen molar-refractivity contribution in [3.05, 3.63) is 29.7 Å². The van der Waals surface area contributed by atoms with E-state index in [1.165, 1.54) is 18.5 Å². The number of aliphatic hydroxyl groups is 1. The van der Waals surface area contributed by atoms with Crippen LogP contribution in [-0.4, -0.2) is 38.7 Å². The number of pyridine rings is 1. The van der Waals surface area contributed by atoms with Crippen LogP contribution in [0.15, 0.2) is 24.5 Å². The Morgan fingerprint density at radius 3 is 2.88 bits per heavy atom. The lowest BCUT2D eigenvalue weighted by Crippen LogP contribution is -2.29. The number of anilines is 1. The lowest BCUT2D eigenvalue weighted by molar-refractivity contribution is -0.142. The van der Waals surface area contributed by atoms with Gasteiger partial charge in [0, 0.05) is 36.3 Å². The topological polar surface area (TPSA) is 63.0 Å². The van der Waals surface area contributed by atoms with E-state index in [0.29, 0.717) is 22.1 Å². The molecular weight excluding hydrogens is 369 g/mol. The van der Waals surface area contributed by atoms with Crippen LogP contribution in [0.25, 0.3) is 11.3 Å². The van der Waals surface area contributed by atoms with Crippen molar-refractivity contribution in [2.75, 3.05) is 11.9 Å². The molecule has 0 aromatic carbocycles. The number of aromatic nitrogens is 3. The van der Waals surface area contributed by atoms with Gasteiger partial charge in [0.2, 0.25) is 0 Å². The zero-order valence-electron chi connectivity index (χ0n) is 14.0. The van der Waals surface area contributed by atoms with Crippen LogP contribution in [0.2, 0.25) is 5.15 Å². The van der Waals surface area contributed by atoms with Gasteiger partial charge in [0.25, 0.3) is 0 Å². The lowest BCUT2D eigenvalue weighted by atomic mass is 9.86. The average molecular weight is 389 g/mol. The molecule has 1 aliphatic carbocycles. The molecule has 0 unspecified atom stereocenters. The van der Waals surface area contributed by atoms with Crippen LogP contribution in [0, 0.1) is 5.92 Å². The van der Waals surface area contributed by atoms with Crippen LogP contribution in [0.5, 0.6) is 0 Å². The highest BCUT2D eigenvalue weighted by Crippen LogP contribution is 2.32. The van der Waals surface area contributed by atoms with Gasteiger partial charge in [-0.1, -0.05) is 18.0 Å². The van der Waals surface area contributed by atoms with Crippen molar-refractivity contribution >= 4 is 17.3 Å². The molecule has 1 fully saturated rings. The Hall–Kier alpha value is -1.80. The van der Waals surface area contributed by atoms with E-state index >= 15 is 0 Å². The molecule has 0 aliphatic heterocycles. The van der Waals surface area contributed by atoms with E-state index < -0.39 is 12.7 Å². The maximum Gasteiger partial charge on any atom is 0.408 e. The van der Waals surface area contributed by atoms with Crippen molar-refractivity contribution in [1.29, 1.82) is 0 Å². The molecule has 0 bridgehead atoms. The molecule has 0 amide bonds. The van der Waals surface area contributed by atoms with Gasteiger partial charge in [-0.2, -0.15) is 18.3 Å². The zero-order valence-corrected chi connectivity index (χ0v) is 14.8. The number of hydrogen-bond donors (Lipinski definition) is 2. The Morgan fingerprint density at radius 2 is 2.15 bits per heavy atom. The number of nitrogens with zero attached hydrogens (tertiary/aromatic N) is 3. The molecular formula is C17H20ClF3N4O. The molecule has 2 N–H and O–H groups in total. The fraction of sp³-hybridized carbons (Fsp3) is 0.529. The van der Waals surface area contributed by atoms with Crippen molar-refractivity contribution in [3.8, 4) is 11.3 Å². The smallest absolute Gasteiger partial charge is 0.396 e. The summed E-state index contributed by atoms with van der Waals surface area (Å²) in [5.41, 5.74) is 1.68. The van der Waals surface area contributed by atoms with E-state index in [0.717, 1.165) is 30.4 Å². The summed E-state index contributed by atoms with van der Waals surface area (Å²) in [6, 6.07) is 3.34. The van der Waals surface area contributed by atoms with Crippen LogP contribution < -0.4 is 5.32 Å². The van der Waals surface area contributed by atoms with E-state index in [9.17, 15) is 18.3 Å². The summed E-state index contributed by atoms with van der Waals surface area (Å²) in [5.74, 6) is 0.257. The Bertz CT molecular complexity index is 750. The maximum atomic E-state index is 12.5. The predicted molar refractivity (Wildman–Crippen MR) is 93.0 cm³/mol. The van der Waals surface area contributed by atoms with E-state index in [4.69, 9.17) is 11.6 Å². The third-order valence-electron chi connectivity index (χ3n) is 4.53. The highest BCUT2D eigenvalue weighted by molar-refractivity contribution is 6.29. The normalized spacial score (nSPS) is 21.0. The van der Waals surface area contributed by atoms with Crippen LogP contribution >= 0.6 is 11.6 Å². The second kappa shape index (κ2) is 7.84. The first-order valence-electron chi connectivity index (χ1n) is 8.47. The second-order valence-corrected chi connectivity index (χ2v) is 7.01. The minimum Gasteiger partial charge on any atom is -0.396 e. The quantitative estimate of drug-likeness (QED) is 0.756. The number of hydrogen-bond acceptors (Lipinski definition) is 4. The van der Waals surface area contributed by atoms with Gasteiger partial charge in [0.05, 0.1) is 5.69 Å². The molecule has 0 radical (unpaired) electrons. The fourth-order valence-electron chi connectivity index (χ4n) is 3.34. The molecule has 26 heavy (non-hydrogen) atoms. The van der Waals surface area contributed by atoms with Gasteiger partial charge in [-0.3, -0.25) is 4.68 Å². The Morgan fingerprint density at radius 1 is 1.35 bits per heavy atom. The molecule has 0 spiro atoms. The molecule has 1 aliphatic rings. The molecule has 1 saturated carbocycles. The Labute approximate surface area is 154 Å². The van der Waals surface area contributed by atoms with Crippen molar-refractivity contribution in [3.63, 3.8) is 0 Å². The number of aliphatic hydroxyl groups excluding tert-OH is 1. The largest absolute Gasteiger partial charge is 0.408 e. The van der Waals surface area contributed by atoms with Crippen molar-refractivity contribution < 1.29 is 18.3 Å². The third kappa shape index (κ3) is 4.88. The molecule has 5 nitrogen and oxygen atoms in total. The summed E-state index contributed by atoms with van der Waals surface area (Å²) in [6.45, 7) is -0.985. The van der Waals surface area contributed by atoms with Crippen molar-refractivity contribution in [2.24, 2.45) is 5.92 Å². The van der Waals surface area contributed by atoms with E-state index in [1.807, 2.05) is 0 Å². The monoisotopic (exact) mass is 388 g/mol. The molecule has 0 saturated heterocycles. The summed E-state index contributed by atoms with van der Waals surface area (Å²) >= 11 is 6.00. The summed E-state index contributed by atoms with van der Waals surface area (Å²) < 4.78 is 38.5. The number of halogens is 4. The van der Waals surface area contributed by atoms with Crippen LogP contribution in [-0.2, 0) is 6.54 Å². The third-order valence-corrected chi connectivity index (χ3v) is 4.74. The Balaban J connectivity index is 1.82. The highest BCUT2D eigenvalue weighted by atomic mass is 35.5. The minimum atomic E-state index is -4.33. The predicted octanol–water partition coefficient (Wildman–Crippen LogP) is 4.12. The summed E-state index contributed by atoms with van der Waals surface area (Å²) in [7, 11) is 0. The van der Waals surface area contributed by atoms with Gasteiger partial charge in [-0.05, 0) is 37.3 Å². The van der Waals surface area contributed by atoms with Crippen LogP contribution in [0.3, 0.4) is 0 Å². The molecule has 2 atom stereocenters. The molecule has 9 heteroatoms. The number of nitrogens with one attached hydrogen (secondary N) is 1. The number of alkyl halides is 3. The van der Waals surface area contributed by atoms with Gasteiger partial charge in [-0.15, -0.1) is 0 Å². The molecule has 2 heterocycles. The Kier molecular flexibility index (Phi) is 5.72. The minimum absolute atomic E-state index is 0.157. The summed E-state index contributed by atoms with van der Waals surface area (Å²) in [6.07, 6.45) is 2.28. The van der Waals surface area contributed by atoms with Crippen LogP contribution in [0.4, 0.5) is 18.9 Å². The highest BCUT2D eigenvalue weighted by Gasteiger charge is 2.28. The SMILES string of the molecule is OC[C@H]1CCC[C@H](Nc2cc(Cl)ncc2-c2ccn(CC(F)(F)F)n2)C1. The van der Waals surface area contributed by atoms with Gasteiger partial charge in [-0.25, -0.2) is 4.98 Å². The summed E-state index contributed by atoms with van der Waals surface area (Å²) in [5, 5.41) is 17.1. The van der Waals surface area contributed by atoms with E-state index in [1.54, 1.807) is 6.07 Å². The van der Waals surface area contributed by atoms with Crippen molar-refractivity contribution in [1.82, 2.24) is 14.8 Å². The van der Waals surface area contributed by atoms with Gasteiger partial charge in [0.1, 0.15) is 11.7 Å². The van der Waals surface area contributed by atoms with Gasteiger partial charge in [0.15, 0.2) is 0 Å². The first-order chi connectivity index (χ1) is 12.3. The summed E-state index contributed by atoms with van der Waals surface area (Å²) in [4.78, 5) is 4.04. The maximum absolute atomic E-state index is 12.5. The molecule has 142 valence electrons. The van der Waals surface area contributed by atoms with E-state index in [2.05, 4.69) is 15.4 Å². The fourth-order valence-corrected chi connectivity index (χ4v) is 3.50. The first kappa shape index (κ1) is 19.0. The average Bonchev–Trinajstić information content (AvgIpc) is 3.01. The molecule has 3 rings (SSSR count). The lowest BCUT2D eigenvalue weighted by Gasteiger charge is -2.30. The molecule has 2 aromatic rings. The number of rotatable bonds is 5. The van der Waals surface area contributed by atoms with Crippen LogP contribution in [0.1, 0.15) is 25.7 Å².